The molecule has 1 aromatic rings. The number of halogens is 2. The van der Waals surface area contributed by atoms with Crippen LogP contribution >= 0.6 is 0 Å². The number of Topliss-reactive ketones (excluding diaryl/α,β-unsaturated/α-hetero) is 1. The van der Waals surface area contributed by atoms with Crippen molar-refractivity contribution in [3.8, 4) is 0 Å². The smallest absolute Gasteiger partial charge is 0.377 e. The molecule has 0 saturated heterocycles. The number of ketones is 1. The molecule has 114 valence electrons. The van der Waals surface area contributed by atoms with Crippen LogP contribution in [0.2, 0.25) is 0 Å². The summed E-state index contributed by atoms with van der Waals surface area (Å²) in [6.45, 7) is 1.38. The molecule has 0 aliphatic heterocycles. The maximum Gasteiger partial charge on any atom is 0.377 e. The molecular formula is C16H18F2O3. The summed E-state index contributed by atoms with van der Waals surface area (Å²) in [6, 6.07) is 9.10. The highest BCUT2D eigenvalue weighted by Gasteiger charge is 2.51. The standard InChI is InChI=1S/C16H18F2O3/c1-2-21-15(20)16(17,18)13-8-12(9-14(19)10-13)11-6-4-3-5-7-11/h3-7,12-13H,2,8-10H2,1H3. The zero-order valence-electron chi connectivity index (χ0n) is 11.9. The summed E-state index contributed by atoms with van der Waals surface area (Å²) < 4.78 is 32.7. The number of esters is 1. The summed E-state index contributed by atoms with van der Waals surface area (Å²) in [5.41, 5.74) is 0.857. The second-order valence-electron chi connectivity index (χ2n) is 5.33. The van der Waals surface area contributed by atoms with E-state index in [0.29, 0.717) is 0 Å². The van der Waals surface area contributed by atoms with Crippen molar-refractivity contribution in [2.75, 3.05) is 6.61 Å². The fourth-order valence-electron chi connectivity index (χ4n) is 2.79. The van der Waals surface area contributed by atoms with Gasteiger partial charge in [0, 0.05) is 18.8 Å². The van der Waals surface area contributed by atoms with Crippen molar-refractivity contribution in [1.29, 1.82) is 0 Å². The molecule has 1 aromatic carbocycles. The van der Waals surface area contributed by atoms with Gasteiger partial charge in [0.2, 0.25) is 0 Å². The monoisotopic (exact) mass is 296 g/mol. The van der Waals surface area contributed by atoms with Gasteiger partial charge in [0.25, 0.3) is 0 Å². The van der Waals surface area contributed by atoms with E-state index < -0.39 is 17.8 Å². The number of alkyl halides is 2. The van der Waals surface area contributed by atoms with Gasteiger partial charge in [0.1, 0.15) is 5.78 Å². The lowest BCUT2D eigenvalue weighted by atomic mass is 9.75. The minimum Gasteiger partial charge on any atom is -0.462 e. The molecule has 21 heavy (non-hydrogen) atoms. The lowest BCUT2D eigenvalue weighted by molar-refractivity contribution is -0.182. The van der Waals surface area contributed by atoms with Crippen LogP contribution in [0, 0.1) is 5.92 Å². The average molecular weight is 296 g/mol. The zero-order chi connectivity index (χ0) is 15.5. The van der Waals surface area contributed by atoms with Crippen LogP contribution in [-0.2, 0) is 14.3 Å². The van der Waals surface area contributed by atoms with Crippen LogP contribution in [0.1, 0.15) is 37.7 Å². The van der Waals surface area contributed by atoms with Crippen LogP contribution in [-0.4, -0.2) is 24.3 Å². The summed E-state index contributed by atoms with van der Waals surface area (Å²) in [4.78, 5) is 23.2. The van der Waals surface area contributed by atoms with E-state index in [4.69, 9.17) is 0 Å². The van der Waals surface area contributed by atoms with Gasteiger partial charge in [-0.05, 0) is 24.8 Å². The molecule has 1 saturated carbocycles. The van der Waals surface area contributed by atoms with Gasteiger partial charge in [-0.1, -0.05) is 30.3 Å². The number of carbonyl (C=O) groups excluding carboxylic acids is 2. The van der Waals surface area contributed by atoms with Gasteiger partial charge in [-0.3, -0.25) is 4.79 Å². The van der Waals surface area contributed by atoms with E-state index in [1.54, 1.807) is 0 Å². The Morgan fingerprint density at radius 2 is 1.95 bits per heavy atom. The third-order valence-electron chi connectivity index (χ3n) is 3.85. The van der Waals surface area contributed by atoms with Crippen molar-refractivity contribution in [1.82, 2.24) is 0 Å². The predicted molar refractivity (Wildman–Crippen MR) is 73.1 cm³/mol. The highest BCUT2D eigenvalue weighted by atomic mass is 19.3. The highest BCUT2D eigenvalue weighted by molar-refractivity contribution is 5.83. The topological polar surface area (TPSA) is 43.4 Å². The SMILES string of the molecule is CCOC(=O)C(F)(F)C1CC(=O)CC(c2ccccc2)C1. The molecule has 1 fully saturated rings. The predicted octanol–water partition coefficient (Wildman–Crippen LogP) is 3.34. The molecule has 0 bridgehead atoms. The van der Waals surface area contributed by atoms with Crippen LogP contribution in [0.4, 0.5) is 8.78 Å². The Balaban J connectivity index is 2.18. The molecule has 3 nitrogen and oxygen atoms in total. The maximum atomic E-state index is 14.1. The van der Waals surface area contributed by atoms with Crippen molar-refractivity contribution in [2.24, 2.45) is 5.92 Å². The summed E-state index contributed by atoms with van der Waals surface area (Å²) in [7, 11) is 0. The maximum absolute atomic E-state index is 14.1. The van der Waals surface area contributed by atoms with Gasteiger partial charge in [0.15, 0.2) is 0 Å². The molecule has 0 N–H and O–H groups in total. The van der Waals surface area contributed by atoms with E-state index in [1.165, 1.54) is 6.92 Å². The molecule has 1 aliphatic rings. The molecule has 0 amide bonds. The van der Waals surface area contributed by atoms with Gasteiger partial charge in [0.05, 0.1) is 6.61 Å². The van der Waals surface area contributed by atoms with E-state index in [1.807, 2.05) is 30.3 Å². The van der Waals surface area contributed by atoms with Crippen molar-refractivity contribution in [3.63, 3.8) is 0 Å². The Kier molecular flexibility index (Phi) is 4.70. The Morgan fingerprint density at radius 3 is 2.57 bits per heavy atom. The summed E-state index contributed by atoms with van der Waals surface area (Å²) in [6.07, 6.45) is 0.0934. The molecule has 2 unspecified atom stereocenters. The molecule has 5 heteroatoms. The molecule has 0 aromatic heterocycles. The Bertz CT molecular complexity index is 514. The zero-order valence-corrected chi connectivity index (χ0v) is 11.9. The van der Waals surface area contributed by atoms with E-state index in [2.05, 4.69) is 4.74 Å². The van der Waals surface area contributed by atoms with Crippen molar-refractivity contribution in [2.45, 2.75) is 38.0 Å². The first kappa shape index (κ1) is 15.6. The van der Waals surface area contributed by atoms with Crippen molar-refractivity contribution in [3.05, 3.63) is 35.9 Å². The van der Waals surface area contributed by atoms with Crippen LogP contribution in [0.25, 0.3) is 0 Å². The van der Waals surface area contributed by atoms with Gasteiger partial charge in [-0.2, -0.15) is 8.78 Å². The van der Waals surface area contributed by atoms with Crippen molar-refractivity contribution < 1.29 is 23.1 Å². The number of hydrogen-bond donors (Lipinski definition) is 0. The second-order valence-corrected chi connectivity index (χ2v) is 5.33. The summed E-state index contributed by atoms with van der Waals surface area (Å²) in [5, 5.41) is 0. The quantitative estimate of drug-likeness (QED) is 0.800. The molecule has 1 aliphatic carbocycles. The molecule has 0 spiro atoms. The van der Waals surface area contributed by atoms with Gasteiger partial charge < -0.3 is 4.74 Å². The van der Waals surface area contributed by atoms with Crippen LogP contribution in [0.3, 0.4) is 0 Å². The number of carbonyl (C=O) groups is 2. The fraction of sp³-hybridized carbons (Fsp3) is 0.500. The molecule has 2 rings (SSSR count). The number of benzene rings is 1. The summed E-state index contributed by atoms with van der Waals surface area (Å²) >= 11 is 0. The first-order chi connectivity index (χ1) is 9.95. The van der Waals surface area contributed by atoms with Crippen LogP contribution in [0.15, 0.2) is 30.3 Å². The number of hydrogen-bond acceptors (Lipinski definition) is 3. The van der Waals surface area contributed by atoms with E-state index >= 15 is 0 Å². The normalized spacial score (nSPS) is 22.9. The molecule has 2 atom stereocenters. The first-order valence-corrected chi connectivity index (χ1v) is 7.06. The number of ether oxygens (including phenoxy) is 1. The molecular weight excluding hydrogens is 278 g/mol. The van der Waals surface area contributed by atoms with Gasteiger partial charge in [-0.15, -0.1) is 0 Å². The van der Waals surface area contributed by atoms with Gasteiger partial charge in [-0.25, -0.2) is 4.79 Å². The fourth-order valence-corrected chi connectivity index (χ4v) is 2.79. The Morgan fingerprint density at radius 1 is 1.29 bits per heavy atom. The third-order valence-corrected chi connectivity index (χ3v) is 3.85. The summed E-state index contributed by atoms with van der Waals surface area (Å²) in [5.74, 6) is -6.93. The van der Waals surface area contributed by atoms with Crippen LogP contribution < -0.4 is 0 Å². The van der Waals surface area contributed by atoms with E-state index in [9.17, 15) is 18.4 Å². The molecule has 0 radical (unpaired) electrons. The molecule has 0 heterocycles. The second kappa shape index (κ2) is 6.33. The van der Waals surface area contributed by atoms with E-state index in [-0.39, 0.29) is 37.6 Å². The highest BCUT2D eigenvalue weighted by Crippen LogP contribution is 2.42. The minimum atomic E-state index is -3.61. The number of rotatable bonds is 4. The average Bonchev–Trinajstić information content (AvgIpc) is 2.47. The third kappa shape index (κ3) is 3.46. The van der Waals surface area contributed by atoms with Gasteiger partial charge >= 0.3 is 11.9 Å². The first-order valence-electron chi connectivity index (χ1n) is 7.06. The lowest BCUT2D eigenvalue weighted by Crippen LogP contribution is -2.42. The Hall–Kier alpha value is -1.78. The van der Waals surface area contributed by atoms with Crippen molar-refractivity contribution >= 4 is 11.8 Å². The largest absolute Gasteiger partial charge is 0.462 e. The Labute approximate surface area is 122 Å². The van der Waals surface area contributed by atoms with Crippen LogP contribution in [0.5, 0.6) is 0 Å². The van der Waals surface area contributed by atoms with E-state index in [0.717, 1.165) is 5.56 Å². The minimum absolute atomic E-state index is 0.1000. The lowest BCUT2D eigenvalue weighted by Gasteiger charge is -2.32.